The molecule has 0 radical (unpaired) electrons. The van der Waals surface area contributed by atoms with Crippen LogP contribution in [0.2, 0.25) is 0 Å². The van der Waals surface area contributed by atoms with E-state index in [1.807, 2.05) is 4.90 Å². The van der Waals surface area contributed by atoms with Gasteiger partial charge in [-0.2, -0.15) is 0 Å². The predicted molar refractivity (Wildman–Crippen MR) is 136 cm³/mol. The fourth-order valence-electron chi connectivity index (χ4n) is 4.87. The fourth-order valence-corrected chi connectivity index (χ4v) is 6.38. The number of β-amino-alcohol motifs (C(OH)–C–C–N with tert-alkyl or cyclic N) is 1. The normalized spacial score (nSPS) is 17.4. The van der Waals surface area contributed by atoms with Crippen molar-refractivity contribution in [2.75, 3.05) is 18.0 Å². The summed E-state index contributed by atoms with van der Waals surface area (Å²) < 4.78 is 2.22. The largest absolute Gasteiger partial charge is 0.389 e. The van der Waals surface area contributed by atoms with E-state index in [9.17, 15) is 14.7 Å². The molecule has 0 atom stereocenters. The topological polar surface area (TPSA) is 120 Å². The molecule has 2 fully saturated rings. The lowest BCUT2D eigenvalue weighted by Gasteiger charge is -2.37. The molecule has 3 aromatic heterocycles. The van der Waals surface area contributed by atoms with E-state index in [1.165, 1.54) is 42.7 Å². The highest BCUT2D eigenvalue weighted by molar-refractivity contribution is 9.10. The number of hydrogen-bond donors (Lipinski definition) is 3. The number of rotatable bonds is 7. The van der Waals surface area contributed by atoms with Gasteiger partial charge in [-0.1, -0.05) is 39.0 Å². The highest BCUT2D eigenvalue weighted by atomic mass is 79.9. The minimum atomic E-state index is -0.395. The highest BCUT2D eigenvalue weighted by Gasteiger charge is 2.30. The van der Waals surface area contributed by atoms with Crippen molar-refractivity contribution in [1.29, 1.82) is 0 Å². The molecule has 5 rings (SSSR count). The van der Waals surface area contributed by atoms with E-state index >= 15 is 0 Å². The molecule has 0 unspecified atom stereocenters. The van der Waals surface area contributed by atoms with Crippen LogP contribution in [-0.4, -0.2) is 48.8 Å². The molecule has 4 heterocycles. The number of nitrogens with zero attached hydrogens (tertiary/aromatic N) is 4. The maximum atomic E-state index is 12.7. The number of aliphatic hydroxyl groups is 1. The lowest BCUT2D eigenvalue weighted by molar-refractivity contribution is 0.141. The first-order chi connectivity index (χ1) is 16.4. The number of fused-ring (bicyclic) bond motifs is 1. The number of aliphatic hydroxyl groups excluding tert-OH is 1. The average molecular weight is 549 g/mol. The third-order valence-electron chi connectivity index (χ3n) is 6.82. The lowest BCUT2D eigenvalue weighted by Crippen LogP contribution is -2.51. The van der Waals surface area contributed by atoms with E-state index in [1.54, 1.807) is 0 Å². The Labute approximate surface area is 209 Å². The Morgan fingerprint density at radius 1 is 1.18 bits per heavy atom. The molecule has 11 heteroatoms. The van der Waals surface area contributed by atoms with Crippen molar-refractivity contribution >= 4 is 44.5 Å². The van der Waals surface area contributed by atoms with Gasteiger partial charge in [-0.3, -0.25) is 9.36 Å². The monoisotopic (exact) mass is 548 g/mol. The van der Waals surface area contributed by atoms with Gasteiger partial charge in [0, 0.05) is 31.4 Å². The molecule has 9 nitrogen and oxygen atoms in total. The standard InChI is InChI=1S/C23H29BrN6O3S/c1-2-15-19(24)18-20(25-15)27-22(28-21(18)29-11-14(31)12-29)34-16-10-17(32)30(23(33)26-16)9-8-13-6-4-3-5-7-13/h10,13-14,31H,2-9,11-12H2,1H3,(H,26,33)(H,25,27,28). The third kappa shape index (κ3) is 4.70. The fraction of sp³-hybridized carbons (Fsp3) is 0.565. The third-order valence-corrected chi connectivity index (χ3v) is 8.50. The van der Waals surface area contributed by atoms with Crippen molar-refractivity contribution < 1.29 is 5.11 Å². The Bertz CT molecular complexity index is 1280. The van der Waals surface area contributed by atoms with Crippen molar-refractivity contribution in [2.45, 2.75) is 74.7 Å². The Kier molecular flexibility index (Phi) is 6.85. The summed E-state index contributed by atoms with van der Waals surface area (Å²) in [5, 5.41) is 11.5. The zero-order valence-electron chi connectivity index (χ0n) is 19.1. The maximum Gasteiger partial charge on any atom is 0.329 e. The van der Waals surface area contributed by atoms with Gasteiger partial charge in [0.1, 0.15) is 11.5 Å². The number of halogens is 1. The molecule has 1 aliphatic heterocycles. The van der Waals surface area contributed by atoms with Crippen molar-refractivity contribution in [3.63, 3.8) is 0 Å². The van der Waals surface area contributed by atoms with Gasteiger partial charge < -0.3 is 20.0 Å². The van der Waals surface area contributed by atoms with Gasteiger partial charge >= 0.3 is 5.69 Å². The molecule has 1 saturated heterocycles. The summed E-state index contributed by atoms with van der Waals surface area (Å²) in [6.07, 6.45) is 7.43. The summed E-state index contributed by atoms with van der Waals surface area (Å²) in [5.41, 5.74) is 1.00. The van der Waals surface area contributed by atoms with E-state index in [0.717, 1.165) is 46.0 Å². The van der Waals surface area contributed by atoms with Crippen LogP contribution in [0.15, 0.2) is 30.3 Å². The minimum absolute atomic E-state index is 0.301. The number of aryl methyl sites for hydroxylation is 1. The van der Waals surface area contributed by atoms with E-state index in [4.69, 9.17) is 4.98 Å². The Balaban J connectivity index is 1.41. The predicted octanol–water partition coefficient (Wildman–Crippen LogP) is 3.44. The van der Waals surface area contributed by atoms with Crippen molar-refractivity contribution in [3.8, 4) is 0 Å². The number of H-pyrrole nitrogens is 2. The van der Waals surface area contributed by atoms with Crippen LogP contribution < -0.4 is 16.1 Å². The second kappa shape index (κ2) is 9.87. The van der Waals surface area contributed by atoms with Gasteiger partial charge in [-0.25, -0.2) is 14.8 Å². The van der Waals surface area contributed by atoms with Crippen LogP contribution in [0, 0.1) is 5.92 Å². The second-order valence-corrected chi connectivity index (χ2v) is 11.0. The number of aromatic amines is 2. The molecule has 1 saturated carbocycles. The van der Waals surface area contributed by atoms with E-state index in [-0.39, 0.29) is 11.7 Å². The molecule has 1 aliphatic carbocycles. The Morgan fingerprint density at radius 2 is 1.94 bits per heavy atom. The van der Waals surface area contributed by atoms with Crippen molar-refractivity contribution in [2.24, 2.45) is 5.92 Å². The lowest BCUT2D eigenvalue weighted by atomic mass is 9.87. The van der Waals surface area contributed by atoms with Crippen LogP contribution in [-0.2, 0) is 13.0 Å². The van der Waals surface area contributed by atoms with Gasteiger partial charge in [-0.05, 0) is 46.5 Å². The zero-order chi connectivity index (χ0) is 23.8. The molecule has 2 aliphatic rings. The molecular weight excluding hydrogens is 520 g/mol. The number of anilines is 1. The van der Waals surface area contributed by atoms with Crippen molar-refractivity contribution in [1.82, 2.24) is 24.5 Å². The van der Waals surface area contributed by atoms with Gasteiger partial charge in [-0.15, -0.1) is 0 Å². The van der Waals surface area contributed by atoms with Gasteiger partial charge in [0.15, 0.2) is 5.16 Å². The maximum absolute atomic E-state index is 12.7. The SMILES string of the molecule is CCc1[nH]c2nc(Sc3cc(=O)n(CCC4CCCCC4)c(=O)[nH]3)nc(N3CC(O)C3)c2c1Br. The molecule has 0 bridgehead atoms. The molecule has 34 heavy (non-hydrogen) atoms. The molecule has 3 N–H and O–H groups in total. The van der Waals surface area contributed by atoms with Crippen LogP contribution in [0.1, 0.15) is 51.1 Å². The first-order valence-corrected chi connectivity index (χ1v) is 13.6. The van der Waals surface area contributed by atoms with Crippen LogP contribution in [0.25, 0.3) is 11.0 Å². The Hall–Kier alpha value is -2.11. The minimum Gasteiger partial charge on any atom is -0.389 e. The summed E-state index contributed by atoms with van der Waals surface area (Å²) >= 11 is 4.82. The van der Waals surface area contributed by atoms with Gasteiger partial charge in [0.05, 0.1) is 21.0 Å². The number of hydrogen-bond acceptors (Lipinski definition) is 7. The molecule has 0 aromatic carbocycles. The second-order valence-electron chi connectivity index (χ2n) is 9.21. The summed E-state index contributed by atoms with van der Waals surface area (Å²) in [6, 6.07) is 1.45. The van der Waals surface area contributed by atoms with Crippen LogP contribution in [0.3, 0.4) is 0 Å². The highest BCUT2D eigenvalue weighted by Crippen LogP contribution is 2.37. The smallest absolute Gasteiger partial charge is 0.329 e. The number of nitrogens with one attached hydrogen (secondary N) is 2. The molecule has 182 valence electrons. The van der Waals surface area contributed by atoms with E-state index < -0.39 is 5.69 Å². The number of aromatic nitrogens is 5. The van der Waals surface area contributed by atoms with E-state index in [0.29, 0.717) is 41.4 Å². The first-order valence-electron chi connectivity index (χ1n) is 12.0. The van der Waals surface area contributed by atoms with Crippen molar-refractivity contribution in [3.05, 3.63) is 37.1 Å². The molecular formula is C23H29BrN6O3S. The summed E-state index contributed by atoms with van der Waals surface area (Å²) in [4.78, 5) is 43.0. The summed E-state index contributed by atoms with van der Waals surface area (Å²) in [7, 11) is 0. The van der Waals surface area contributed by atoms with Crippen LogP contribution in [0.4, 0.5) is 5.82 Å². The summed E-state index contributed by atoms with van der Waals surface area (Å²) in [6.45, 7) is 3.51. The molecule has 0 spiro atoms. The summed E-state index contributed by atoms with van der Waals surface area (Å²) in [5.74, 6) is 1.32. The van der Waals surface area contributed by atoms with Gasteiger partial charge in [0.2, 0.25) is 0 Å². The average Bonchev–Trinajstić information content (AvgIpc) is 3.12. The van der Waals surface area contributed by atoms with Gasteiger partial charge in [0.25, 0.3) is 5.56 Å². The molecule has 0 amide bonds. The van der Waals surface area contributed by atoms with Crippen LogP contribution >= 0.6 is 27.7 Å². The first kappa shape index (κ1) is 23.6. The van der Waals surface area contributed by atoms with Crippen LogP contribution in [0.5, 0.6) is 0 Å². The quantitative estimate of drug-likeness (QED) is 0.305. The van der Waals surface area contributed by atoms with E-state index in [2.05, 4.69) is 37.8 Å². The zero-order valence-corrected chi connectivity index (χ0v) is 21.5. The Morgan fingerprint density at radius 3 is 2.62 bits per heavy atom. The molecule has 3 aromatic rings.